The van der Waals surface area contributed by atoms with Crippen molar-refractivity contribution in [3.63, 3.8) is 0 Å². The molecule has 0 aromatic heterocycles. The lowest BCUT2D eigenvalue weighted by atomic mass is 9.87. The first-order valence-electron chi connectivity index (χ1n) is 6.91. The molecule has 92 valence electrons. The summed E-state index contributed by atoms with van der Waals surface area (Å²) in [5.41, 5.74) is 0. The molecule has 2 rings (SSSR count). The molecule has 1 unspecified atom stereocenters. The molecule has 2 nitrogen and oxygen atoms in total. The number of aldehydes is 1. The van der Waals surface area contributed by atoms with E-state index in [2.05, 4.69) is 18.7 Å². The van der Waals surface area contributed by atoms with E-state index < -0.39 is 0 Å². The van der Waals surface area contributed by atoms with Gasteiger partial charge in [-0.2, -0.15) is 0 Å². The molecule has 0 radical (unpaired) electrons. The van der Waals surface area contributed by atoms with Gasteiger partial charge < -0.3 is 4.79 Å². The van der Waals surface area contributed by atoms with Crippen LogP contribution < -0.4 is 0 Å². The molecule has 0 spiro atoms. The Morgan fingerprint density at radius 1 is 1.12 bits per heavy atom. The molecule has 1 saturated heterocycles. The number of nitrogens with zero attached hydrogens (tertiary/aromatic N) is 1. The van der Waals surface area contributed by atoms with Crippen molar-refractivity contribution in [3.05, 3.63) is 0 Å². The van der Waals surface area contributed by atoms with Gasteiger partial charge in [0.1, 0.15) is 6.29 Å². The molecule has 1 aliphatic heterocycles. The predicted molar refractivity (Wildman–Crippen MR) is 66.4 cm³/mol. The predicted octanol–water partition coefficient (Wildman–Crippen LogP) is 2.86. The highest BCUT2D eigenvalue weighted by atomic mass is 16.1. The fraction of sp³-hybridized carbons (Fsp3) is 0.929. The van der Waals surface area contributed by atoms with Crippen LogP contribution in [0.1, 0.15) is 52.4 Å². The largest absolute Gasteiger partial charge is 0.303 e. The Morgan fingerprint density at radius 2 is 1.69 bits per heavy atom. The zero-order valence-electron chi connectivity index (χ0n) is 10.7. The van der Waals surface area contributed by atoms with Crippen molar-refractivity contribution >= 4 is 6.29 Å². The van der Waals surface area contributed by atoms with Crippen LogP contribution >= 0.6 is 0 Å². The minimum atomic E-state index is 0.310. The standard InChI is InChI=1S/C14H25NO/c1-11-7-14(10-16)8-12(2)15(11)9-13-5-3-4-6-13/h10-14H,3-9H2,1-2H3/t11-,12+,14?. The molecule has 1 aliphatic carbocycles. The SMILES string of the molecule is C[C@@H]1CC(C=O)C[C@H](C)N1CC1CCCC1. The third kappa shape index (κ3) is 2.65. The van der Waals surface area contributed by atoms with Crippen LogP contribution in [-0.2, 0) is 4.79 Å². The average Bonchev–Trinajstić information content (AvgIpc) is 2.75. The molecule has 2 fully saturated rings. The molecule has 2 heteroatoms. The zero-order chi connectivity index (χ0) is 11.5. The van der Waals surface area contributed by atoms with Crippen LogP contribution in [0.3, 0.4) is 0 Å². The normalized spacial score (nSPS) is 37.8. The first kappa shape index (κ1) is 12.1. The minimum Gasteiger partial charge on any atom is -0.303 e. The molecule has 0 amide bonds. The van der Waals surface area contributed by atoms with Gasteiger partial charge in [-0.15, -0.1) is 0 Å². The molecule has 0 bridgehead atoms. The third-order valence-corrected chi connectivity index (χ3v) is 4.56. The summed E-state index contributed by atoms with van der Waals surface area (Å²) in [5.74, 6) is 1.24. The summed E-state index contributed by atoms with van der Waals surface area (Å²) in [6.07, 6.45) is 9.01. The Balaban J connectivity index is 1.90. The second kappa shape index (κ2) is 5.31. The molecule has 0 aromatic carbocycles. The summed E-state index contributed by atoms with van der Waals surface area (Å²) in [6.45, 7) is 5.86. The molecule has 2 aliphatic rings. The van der Waals surface area contributed by atoms with Crippen LogP contribution in [0, 0.1) is 11.8 Å². The van der Waals surface area contributed by atoms with E-state index in [0.29, 0.717) is 18.0 Å². The molecule has 1 heterocycles. The van der Waals surface area contributed by atoms with E-state index in [0.717, 1.165) is 18.8 Å². The van der Waals surface area contributed by atoms with Crippen LogP contribution in [0.5, 0.6) is 0 Å². The highest BCUT2D eigenvalue weighted by molar-refractivity contribution is 5.53. The molecule has 0 N–H and O–H groups in total. The van der Waals surface area contributed by atoms with Gasteiger partial charge in [0.05, 0.1) is 0 Å². The van der Waals surface area contributed by atoms with E-state index in [1.807, 2.05) is 0 Å². The van der Waals surface area contributed by atoms with Crippen LogP contribution in [0.15, 0.2) is 0 Å². The fourth-order valence-electron chi connectivity index (χ4n) is 3.64. The molecule has 3 atom stereocenters. The Morgan fingerprint density at radius 3 is 2.19 bits per heavy atom. The van der Waals surface area contributed by atoms with Gasteiger partial charge in [0.25, 0.3) is 0 Å². The highest BCUT2D eigenvalue weighted by Crippen LogP contribution is 2.31. The van der Waals surface area contributed by atoms with E-state index in [1.165, 1.54) is 38.5 Å². The molecular weight excluding hydrogens is 198 g/mol. The van der Waals surface area contributed by atoms with Crippen molar-refractivity contribution in [2.75, 3.05) is 6.54 Å². The topological polar surface area (TPSA) is 20.3 Å². The number of hydrogen-bond acceptors (Lipinski definition) is 2. The summed E-state index contributed by atoms with van der Waals surface area (Å²) in [5, 5.41) is 0. The molecular formula is C14H25NO. The smallest absolute Gasteiger partial charge is 0.123 e. The van der Waals surface area contributed by atoms with Crippen molar-refractivity contribution in [1.82, 2.24) is 4.90 Å². The Hall–Kier alpha value is -0.370. The zero-order valence-corrected chi connectivity index (χ0v) is 10.7. The van der Waals surface area contributed by atoms with E-state index in [4.69, 9.17) is 0 Å². The van der Waals surface area contributed by atoms with Gasteiger partial charge in [0, 0.05) is 24.5 Å². The van der Waals surface area contributed by atoms with Gasteiger partial charge in [-0.05, 0) is 45.4 Å². The summed E-state index contributed by atoms with van der Waals surface area (Å²) in [7, 11) is 0. The molecule has 16 heavy (non-hydrogen) atoms. The Labute approximate surface area is 99.4 Å². The first-order chi connectivity index (χ1) is 7.70. The van der Waals surface area contributed by atoms with Crippen molar-refractivity contribution in [1.29, 1.82) is 0 Å². The van der Waals surface area contributed by atoms with Crippen LogP contribution in [-0.4, -0.2) is 29.8 Å². The number of carbonyl (C=O) groups is 1. The second-order valence-corrected chi connectivity index (χ2v) is 5.91. The van der Waals surface area contributed by atoms with Gasteiger partial charge in [-0.1, -0.05) is 12.8 Å². The van der Waals surface area contributed by atoms with Gasteiger partial charge >= 0.3 is 0 Å². The summed E-state index contributed by atoms with van der Waals surface area (Å²) in [6, 6.07) is 1.19. The van der Waals surface area contributed by atoms with Gasteiger partial charge in [0.2, 0.25) is 0 Å². The highest BCUT2D eigenvalue weighted by Gasteiger charge is 2.32. The van der Waals surface area contributed by atoms with E-state index in [9.17, 15) is 4.79 Å². The second-order valence-electron chi connectivity index (χ2n) is 5.91. The minimum absolute atomic E-state index is 0.310. The van der Waals surface area contributed by atoms with Crippen molar-refractivity contribution < 1.29 is 4.79 Å². The van der Waals surface area contributed by atoms with Crippen LogP contribution in [0.25, 0.3) is 0 Å². The van der Waals surface area contributed by atoms with E-state index in [-0.39, 0.29) is 0 Å². The van der Waals surface area contributed by atoms with Gasteiger partial charge in [0.15, 0.2) is 0 Å². The molecule has 0 aromatic rings. The average molecular weight is 223 g/mol. The van der Waals surface area contributed by atoms with E-state index in [1.54, 1.807) is 0 Å². The Kier molecular flexibility index (Phi) is 4.01. The van der Waals surface area contributed by atoms with Gasteiger partial charge in [-0.25, -0.2) is 0 Å². The summed E-state index contributed by atoms with van der Waals surface area (Å²) < 4.78 is 0. The summed E-state index contributed by atoms with van der Waals surface area (Å²) in [4.78, 5) is 13.5. The number of hydrogen-bond donors (Lipinski definition) is 0. The van der Waals surface area contributed by atoms with Crippen molar-refractivity contribution in [3.8, 4) is 0 Å². The lowest BCUT2D eigenvalue weighted by Crippen LogP contribution is -2.48. The van der Waals surface area contributed by atoms with Crippen LogP contribution in [0.2, 0.25) is 0 Å². The monoisotopic (exact) mass is 223 g/mol. The van der Waals surface area contributed by atoms with Crippen molar-refractivity contribution in [2.24, 2.45) is 11.8 Å². The van der Waals surface area contributed by atoms with Gasteiger partial charge in [-0.3, -0.25) is 4.90 Å². The number of rotatable bonds is 3. The number of piperidine rings is 1. The maximum absolute atomic E-state index is 10.9. The Bertz CT molecular complexity index is 223. The lowest BCUT2D eigenvalue weighted by molar-refractivity contribution is -0.113. The third-order valence-electron chi connectivity index (χ3n) is 4.56. The quantitative estimate of drug-likeness (QED) is 0.686. The summed E-state index contributed by atoms with van der Waals surface area (Å²) >= 11 is 0. The first-order valence-corrected chi connectivity index (χ1v) is 6.91. The number of likely N-dealkylation sites (tertiary alicyclic amines) is 1. The maximum Gasteiger partial charge on any atom is 0.123 e. The van der Waals surface area contributed by atoms with E-state index >= 15 is 0 Å². The van der Waals surface area contributed by atoms with Crippen LogP contribution in [0.4, 0.5) is 0 Å². The fourth-order valence-corrected chi connectivity index (χ4v) is 3.64. The number of carbonyl (C=O) groups excluding carboxylic acids is 1. The maximum atomic E-state index is 10.9. The lowest BCUT2D eigenvalue weighted by Gasteiger charge is -2.42. The van der Waals surface area contributed by atoms with Crippen molar-refractivity contribution in [2.45, 2.75) is 64.5 Å². The molecule has 1 saturated carbocycles.